The van der Waals surface area contributed by atoms with Gasteiger partial charge in [0.1, 0.15) is 5.75 Å². The van der Waals surface area contributed by atoms with E-state index in [2.05, 4.69) is 5.32 Å². The Morgan fingerprint density at radius 2 is 1.87 bits per heavy atom. The monoisotopic (exact) mass is 446 g/mol. The number of hydrogen-bond acceptors (Lipinski definition) is 5. The molecule has 1 saturated heterocycles. The van der Waals surface area contributed by atoms with Crippen molar-refractivity contribution in [3.63, 3.8) is 0 Å². The summed E-state index contributed by atoms with van der Waals surface area (Å²) in [4.78, 5) is 13.2. The third-order valence-electron chi connectivity index (χ3n) is 5.15. The van der Waals surface area contributed by atoms with Crippen LogP contribution in [0.15, 0.2) is 41.3 Å². The lowest BCUT2D eigenvalue weighted by Gasteiger charge is -2.27. The molecule has 1 heterocycles. The zero-order valence-electron chi connectivity index (χ0n) is 18.3. The molecule has 3 rings (SSSR count). The number of rotatable bonds is 8. The maximum Gasteiger partial charge on any atom is 0.255 e. The number of benzene rings is 2. The molecule has 31 heavy (non-hydrogen) atoms. The third-order valence-corrected chi connectivity index (χ3v) is 7.13. The summed E-state index contributed by atoms with van der Waals surface area (Å²) < 4.78 is 38.9. The van der Waals surface area contributed by atoms with Crippen LogP contribution in [-0.2, 0) is 21.2 Å². The molecule has 2 aromatic rings. The van der Waals surface area contributed by atoms with E-state index in [4.69, 9.17) is 9.47 Å². The van der Waals surface area contributed by atoms with Gasteiger partial charge in [0.15, 0.2) is 0 Å². The standard InChI is InChI=1S/C23H30N2O5S/c1-4-12-30-21-15-17(3)6-9-20(21)24-23(26)19-8-7-18(5-2)22(16-19)31(27,28)25-10-13-29-14-11-25/h6-9,15-16H,4-5,10-14H2,1-3H3,(H,24,26). The van der Waals surface area contributed by atoms with Crippen molar-refractivity contribution >= 4 is 21.6 Å². The number of sulfonamides is 1. The van der Waals surface area contributed by atoms with Crippen molar-refractivity contribution < 1.29 is 22.7 Å². The van der Waals surface area contributed by atoms with Crippen molar-refractivity contribution in [2.45, 2.75) is 38.5 Å². The normalized spacial score (nSPS) is 14.9. The van der Waals surface area contributed by atoms with Crippen LogP contribution in [0.1, 0.15) is 41.8 Å². The molecule has 0 saturated carbocycles. The number of ether oxygens (including phenoxy) is 2. The lowest BCUT2D eigenvalue weighted by molar-refractivity contribution is 0.0730. The molecule has 2 aromatic carbocycles. The number of hydrogen-bond donors (Lipinski definition) is 1. The van der Waals surface area contributed by atoms with Crippen LogP contribution in [0.3, 0.4) is 0 Å². The Morgan fingerprint density at radius 3 is 2.55 bits per heavy atom. The van der Waals surface area contributed by atoms with Gasteiger partial charge >= 0.3 is 0 Å². The smallest absolute Gasteiger partial charge is 0.255 e. The summed E-state index contributed by atoms with van der Waals surface area (Å²) in [5.74, 6) is 0.216. The van der Waals surface area contributed by atoms with E-state index in [1.54, 1.807) is 18.2 Å². The SMILES string of the molecule is CCCOc1cc(C)ccc1NC(=O)c1ccc(CC)c(S(=O)(=O)N2CCOCC2)c1. The van der Waals surface area contributed by atoms with Crippen LogP contribution in [0.4, 0.5) is 5.69 Å². The predicted octanol–water partition coefficient (Wildman–Crippen LogP) is 3.62. The van der Waals surface area contributed by atoms with Crippen LogP contribution in [0.5, 0.6) is 5.75 Å². The average Bonchev–Trinajstić information content (AvgIpc) is 2.79. The molecule has 0 aliphatic carbocycles. The van der Waals surface area contributed by atoms with Gasteiger partial charge in [-0.1, -0.05) is 26.0 Å². The highest BCUT2D eigenvalue weighted by atomic mass is 32.2. The summed E-state index contributed by atoms with van der Waals surface area (Å²) in [6.07, 6.45) is 1.40. The number of amides is 1. The Balaban J connectivity index is 1.90. The van der Waals surface area contributed by atoms with E-state index in [0.717, 1.165) is 12.0 Å². The maximum atomic E-state index is 13.2. The van der Waals surface area contributed by atoms with Crippen LogP contribution in [0, 0.1) is 6.92 Å². The number of nitrogens with zero attached hydrogens (tertiary/aromatic N) is 1. The van der Waals surface area contributed by atoms with Gasteiger partial charge in [0.2, 0.25) is 10.0 Å². The van der Waals surface area contributed by atoms with Crippen LogP contribution in [0.25, 0.3) is 0 Å². The Hall–Kier alpha value is -2.42. The van der Waals surface area contributed by atoms with E-state index in [1.165, 1.54) is 10.4 Å². The first-order chi connectivity index (χ1) is 14.9. The molecule has 1 aliphatic heterocycles. The number of aryl methyl sites for hydroxylation is 2. The van der Waals surface area contributed by atoms with Gasteiger partial charge < -0.3 is 14.8 Å². The Bertz CT molecular complexity index is 1030. The van der Waals surface area contributed by atoms with Gasteiger partial charge in [0.25, 0.3) is 5.91 Å². The van der Waals surface area contributed by atoms with Gasteiger partial charge in [0.05, 0.1) is 30.4 Å². The molecule has 168 valence electrons. The summed E-state index contributed by atoms with van der Waals surface area (Å²) in [5.41, 5.74) is 2.55. The molecule has 0 aromatic heterocycles. The van der Waals surface area contributed by atoms with Gasteiger partial charge in [-0.05, 0) is 55.2 Å². The minimum absolute atomic E-state index is 0.177. The number of anilines is 1. The van der Waals surface area contributed by atoms with Crippen LogP contribution < -0.4 is 10.1 Å². The summed E-state index contributed by atoms with van der Waals surface area (Å²) in [6.45, 7) is 7.77. The van der Waals surface area contributed by atoms with Gasteiger partial charge in [0, 0.05) is 18.7 Å². The molecule has 1 aliphatic rings. The lowest BCUT2D eigenvalue weighted by atomic mass is 10.1. The van der Waals surface area contributed by atoms with E-state index in [0.29, 0.717) is 56.3 Å². The number of carbonyl (C=O) groups is 1. The van der Waals surface area contributed by atoms with Crippen molar-refractivity contribution in [1.82, 2.24) is 4.31 Å². The molecule has 1 fully saturated rings. The van der Waals surface area contributed by atoms with Crippen LogP contribution >= 0.6 is 0 Å². The maximum absolute atomic E-state index is 13.2. The molecule has 1 N–H and O–H groups in total. The predicted molar refractivity (Wildman–Crippen MR) is 120 cm³/mol. The zero-order chi connectivity index (χ0) is 22.4. The summed E-state index contributed by atoms with van der Waals surface area (Å²) in [7, 11) is -3.71. The largest absolute Gasteiger partial charge is 0.491 e. The van der Waals surface area contributed by atoms with E-state index in [1.807, 2.05) is 32.9 Å². The fourth-order valence-corrected chi connectivity index (χ4v) is 5.14. The molecule has 0 atom stereocenters. The van der Waals surface area contributed by atoms with Gasteiger partial charge in [-0.2, -0.15) is 4.31 Å². The quantitative estimate of drug-likeness (QED) is 0.669. The van der Waals surface area contributed by atoms with Crippen molar-refractivity contribution in [3.05, 3.63) is 53.1 Å². The molecule has 0 spiro atoms. The van der Waals surface area contributed by atoms with Crippen molar-refractivity contribution in [2.75, 3.05) is 38.2 Å². The fraction of sp³-hybridized carbons (Fsp3) is 0.435. The third kappa shape index (κ3) is 5.44. The fourth-order valence-electron chi connectivity index (χ4n) is 3.41. The van der Waals surface area contributed by atoms with Gasteiger partial charge in [-0.3, -0.25) is 4.79 Å². The molecular formula is C23H30N2O5S. The highest BCUT2D eigenvalue weighted by Gasteiger charge is 2.29. The number of carbonyl (C=O) groups excluding carboxylic acids is 1. The van der Waals surface area contributed by atoms with E-state index in [-0.39, 0.29) is 16.4 Å². The lowest BCUT2D eigenvalue weighted by Crippen LogP contribution is -2.41. The molecule has 0 unspecified atom stereocenters. The second kappa shape index (κ2) is 10.3. The number of morpholine rings is 1. The molecule has 7 nitrogen and oxygen atoms in total. The first-order valence-corrected chi connectivity index (χ1v) is 12.1. The Labute approximate surface area is 184 Å². The van der Waals surface area contributed by atoms with Crippen molar-refractivity contribution in [3.8, 4) is 5.75 Å². The van der Waals surface area contributed by atoms with Crippen LogP contribution in [-0.4, -0.2) is 51.5 Å². The second-order valence-corrected chi connectivity index (χ2v) is 9.40. The highest BCUT2D eigenvalue weighted by Crippen LogP contribution is 2.28. The topological polar surface area (TPSA) is 84.9 Å². The molecule has 0 bridgehead atoms. The highest BCUT2D eigenvalue weighted by molar-refractivity contribution is 7.89. The Kier molecular flexibility index (Phi) is 7.69. The molecule has 8 heteroatoms. The Morgan fingerprint density at radius 1 is 1.13 bits per heavy atom. The van der Waals surface area contributed by atoms with Crippen molar-refractivity contribution in [1.29, 1.82) is 0 Å². The van der Waals surface area contributed by atoms with E-state index >= 15 is 0 Å². The average molecular weight is 447 g/mol. The molecule has 1 amide bonds. The second-order valence-electron chi connectivity index (χ2n) is 7.49. The molecular weight excluding hydrogens is 416 g/mol. The van der Waals surface area contributed by atoms with Crippen LogP contribution in [0.2, 0.25) is 0 Å². The minimum atomic E-state index is -3.71. The van der Waals surface area contributed by atoms with E-state index in [9.17, 15) is 13.2 Å². The van der Waals surface area contributed by atoms with Gasteiger partial charge in [-0.25, -0.2) is 8.42 Å². The summed E-state index contributed by atoms with van der Waals surface area (Å²) in [6, 6.07) is 10.4. The van der Waals surface area contributed by atoms with Crippen molar-refractivity contribution in [2.24, 2.45) is 0 Å². The minimum Gasteiger partial charge on any atom is -0.491 e. The summed E-state index contributed by atoms with van der Waals surface area (Å²) in [5, 5.41) is 2.87. The number of nitrogens with one attached hydrogen (secondary N) is 1. The zero-order valence-corrected chi connectivity index (χ0v) is 19.1. The van der Waals surface area contributed by atoms with E-state index < -0.39 is 10.0 Å². The first kappa shape index (κ1) is 23.2. The first-order valence-electron chi connectivity index (χ1n) is 10.6. The summed E-state index contributed by atoms with van der Waals surface area (Å²) >= 11 is 0. The molecule has 0 radical (unpaired) electrons. The van der Waals surface area contributed by atoms with Gasteiger partial charge in [-0.15, -0.1) is 0 Å².